The zero-order valence-electron chi connectivity index (χ0n) is 12.0. The van der Waals surface area contributed by atoms with E-state index < -0.39 is 6.36 Å². The predicted molar refractivity (Wildman–Crippen MR) is 75.3 cm³/mol. The zero-order chi connectivity index (χ0) is 15.7. The topological polar surface area (TPSA) is 38.3 Å². The van der Waals surface area contributed by atoms with Gasteiger partial charge in [0.05, 0.1) is 0 Å². The molecular formula is C16H18F3NO2. The number of carbonyl (C=O) groups is 1. The van der Waals surface area contributed by atoms with Crippen LogP contribution in [0.15, 0.2) is 24.3 Å². The number of hydrogen-bond acceptors (Lipinski definition) is 2. The molecule has 1 N–H and O–H groups in total. The standard InChI is InChI=1S/C16H18F3NO2/c17-16(18,19)22-14-5-3-13(4-6-14)20-15(21)9-12-8-10-1-2-11(12)7-10/h3-6,10-12H,1-2,7-9H2,(H,20,21)/t10-,11-,12+/m1/s1. The summed E-state index contributed by atoms with van der Waals surface area (Å²) in [5.41, 5.74) is 0.489. The van der Waals surface area contributed by atoms with Crippen molar-refractivity contribution in [3.05, 3.63) is 24.3 Å². The first-order valence-electron chi connectivity index (χ1n) is 7.55. The van der Waals surface area contributed by atoms with Crippen LogP contribution in [-0.4, -0.2) is 12.3 Å². The Morgan fingerprint density at radius 1 is 1.18 bits per heavy atom. The summed E-state index contributed by atoms with van der Waals surface area (Å²) in [6.45, 7) is 0. The number of nitrogens with one attached hydrogen (secondary N) is 1. The molecule has 6 heteroatoms. The summed E-state index contributed by atoms with van der Waals surface area (Å²) in [6.07, 6.45) is 0.710. The van der Waals surface area contributed by atoms with Crippen LogP contribution in [0.3, 0.4) is 0 Å². The van der Waals surface area contributed by atoms with Gasteiger partial charge in [-0.25, -0.2) is 0 Å². The molecule has 120 valence electrons. The monoisotopic (exact) mass is 313 g/mol. The molecule has 1 amide bonds. The molecular weight excluding hydrogens is 295 g/mol. The van der Waals surface area contributed by atoms with Crippen molar-refractivity contribution in [1.29, 1.82) is 0 Å². The lowest BCUT2D eigenvalue weighted by atomic mass is 9.86. The van der Waals surface area contributed by atoms with Crippen molar-refractivity contribution >= 4 is 11.6 Å². The fourth-order valence-electron chi connectivity index (χ4n) is 3.82. The largest absolute Gasteiger partial charge is 0.573 e. The number of amides is 1. The van der Waals surface area contributed by atoms with Crippen molar-refractivity contribution < 1.29 is 22.7 Å². The highest BCUT2D eigenvalue weighted by molar-refractivity contribution is 5.90. The van der Waals surface area contributed by atoms with Crippen molar-refractivity contribution in [2.24, 2.45) is 17.8 Å². The Balaban J connectivity index is 1.51. The molecule has 1 aromatic carbocycles. The molecule has 2 saturated carbocycles. The number of halogens is 3. The fourth-order valence-corrected chi connectivity index (χ4v) is 3.82. The van der Waals surface area contributed by atoms with Crippen LogP contribution in [0.5, 0.6) is 5.75 Å². The van der Waals surface area contributed by atoms with Gasteiger partial charge in [-0.05, 0) is 61.3 Å². The molecule has 2 aliphatic carbocycles. The van der Waals surface area contributed by atoms with Crippen LogP contribution in [0.1, 0.15) is 32.1 Å². The van der Waals surface area contributed by atoms with E-state index in [9.17, 15) is 18.0 Å². The van der Waals surface area contributed by atoms with Crippen molar-refractivity contribution in [3.8, 4) is 5.75 Å². The highest BCUT2D eigenvalue weighted by atomic mass is 19.4. The molecule has 22 heavy (non-hydrogen) atoms. The Hall–Kier alpha value is -1.72. The molecule has 0 saturated heterocycles. The maximum Gasteiger partial charge on any atom is 0.573 e. The smallest absolute Gasteiger partial charge is 0.406 e. The zero-order valence-corrected chi connectivity index (χ0v) is 12.0. The highest BCUT2D eigenvalue weighted by Crippen LogP contribution is 2.49. The average Bonchev–Trinajstić information content (AvgIpc) is 3.01. The second kappa shape index (κ2) is 5.82. The number of alkyl halides is 3. The van der Waals surface area contributed by atoms with Gasteiger partial charge in [0, 0.05) is 12.1 Å². The molecule has 0 heterocycles. The molecule has 2 bridgehead atoms. The number of anilines is 1. The number of rotatable bonds is 4. The summed E-state index contributed by atoms with van der Waals surface area (Å²) in [4.78, 5) is 12.0. The molecule has 0 aliphatic heterocycles. The number of carbonyl (C=O) groups excluding carboxylic acids is 1. The van der Waals surface area contributed by atoms with Gasteiger partial charge in [-0.3, -0.25) is 4.79 Å². The summed E-state index contributed by atoms with van der Waals surface area (Å²) >= 11 is 0. The molecule has 0 unspecified atom stereocenters. The molecule has 0 aromatic heterocycles. The van der Waals surface area contributed by atoms with Crippen LogP contribution >= 0.6 is 0 Å². The molecule has 2 fully saturated rings. The summed E-state index contributed by atoms with van der Waals surface area (Å²) in [5.74, 6) is 1.58. The number of fused-ring (bicyclic) bond motifs is 2. The molecule has 0 radical (unpaired) electrons. The third-order valence-corrected chi connectivity index (χ3v) is 4.70. The van der Waals surface area contributed by atoms with Gasteiger partial charge < -0.3 is 10.1 Å². The van der Waals surface area contributed by atoms with Crippen molar-refractivity contribution in [2.75, 3.05) is 5.32 Å². The van der Waals surface area contributed by atoms with Crippen LogP contribution in [-0.2, 0) is 4.79 Å². The Morgan fingerprint density at radius 2 is 1.91 bits per heavy atom. The maximum absolute atomic E-state index is 12.1. The van der Waals surface area contributed by atoms with E-state index in [-0.39, 0.29) is 11.7 Å². The van der Waals surface area contributed by atoms with Gasteiger partial charge in [0.2, 0.25) is 5.91 Å². The van der Waals surface area contributed by atoms with Gasteiger partial charge in [-0.15, -0.1) is 13.2 Å². The molecule has 2 aliphatic rings. The highest BCUT2D eigenvalue weighted by Gasteiger charge is 2.40. The van der Waals surface area contributed by atoms with Crippen LogP contribution < -0.4 is 10.1 Å². The average molecular weight is 313 g/mol. The summed E-state index contributed by atoms with van der Waals surface area (Å²) < 4.78 is 40.0. The maximum atomic E-state index is 12.1. The lowest BCUT2D eigenvalue weighted by molar-refractivity contribution is -0.274. The van der Waals surface area contributed by atoms with Gasteiger partial charge in [-0.1, -0.05) is 6.42 Å². The second-order valence-electron chi connectivity index (χ2n) is 6.26. The van der Waals surface area contributed by atoms with E-state index >= 15 is 0 Å². The molecule has 3 rings (SSSR count). The molecule has 0 spiro atoms. The normalized spacial score (nSPS) is 27.0. The van der Waals surface area contributed by atoms with E-state index in [1.165, 1.54) is 43.5 Å². The van der Waals surface area contributed by atoms with Crippen LogP contribution in [0, 0.1) is 17.8 Å². The minimum absolute atomic E-state index is 0.0676. The predicted octanol–water partition coefficient (Wildman–Crippen LogP) is 4.35. The van der Waals surface area contributed by atoms with Crippen molar-refractivity contribution in [1.82, 2.24) is 0 Å². The van der Waals surface area contributed by atoms with E-state index in [0.717, 1.165) is 12.3 Å². The summed E-state index contributed by atoms with van der Waals surface area (Å²) in [6, 6.07) is 5.22. The molecule has 3 nitrogen and oxygen atoms in total. The van der Waals surface area contributed by atoms with Crippen LogP contribution in [0.2, 0.25) is 0 Å². The van der Waals surface area contributed by atoms with Crippen LogP contribution in [0.4, 0.5) is 18.9 Å². The van der Waals surface area contributed by atoms with Gasteiger partial charge in [0.1, 0.15) is 5.75 Å². The molecule has 1 aromatic rings. The van der Waals surface area contributed by atoms with E-state index in [4.69, 9.17) is 0 Å². The number of benzene rings is 1. The number of ether oxygens (including phenoxy) is 1. The van der Waals surface area contributed by atoms with Gasteiger partial charge in [-0.2, -0.15) is 0 Å². The quantitative estimate of drug-likeness (QED) is 0.897. The van der Waals surface area contributed by atoms with Crippen molar-refractivity contribution in [2.45, 2.75) is 38.5 Å². The summed E-state index contributed by atoms with van der Waals surface area (Å²) in [5, 5.41) is 2.74. The van der Waals surface area contributed by atoms with E-state index in [1.807, 2.05) is 0 Å². The minimum Gasteiger partial charge on any atom is -0.406 e. The minimum atomic E-state index is -4.70. The Kier molecular flexibility index (Phi) is 4.02. The second-order valence-corrected chi connectivity index (χ2v) is 6.26. The Bertz CT molecular complexity index is 541. The summed E-state index contributed by atoms with van der Waals surface area (Å²) in [7, 11) is 0. The first-order valence-corrected chi connectivity index (χ1v) is 7.55. The molecule has 3 atom stereocenters. The van der Waals surface area contributed by atoms with Crippen molar-refractivity contribution in [3.63, 3.8) is 0 Å². The fraction of sp³-hybridized carbons (Fsp3) is 0.562. The Labute approximate surface area is 126 Å². The van der Waals surface area contributed by atoms with E-state index in [0.29, 0.717) is 23.9 Å². The van der Waals surface area contributed by atoms with E-state index in [2.05, 4.69) is 10.1 Å². The third-order valence-electron chi connectivity index (χ3n) is 4.70. The number of hydrogen-bond donors (Lipinski definition) is 1. The first kappa shape index (κ1) is 15.2. The van der Waals surface area contributed by atoms with Gasteiger partial charge >= 0.3 is 6.36 Å². The first-order chi connectivity index (χ1) is 10.4. The lowest BCUT2D eigenvalue weighted by Crippen LogP contribution is -2.20. The van der Waals surface area contributed by atoms with Gasteiger partial charge in [0.25, 0.3) is 0 Å². The van der Waals surface area contributed by atoms with Gasteiger partial charge in [0.15, 0.2) is 0 Å². The Morgan fingerprint density at radius 3 is 2.45 bits per heavy atom. The van der Waals surface area contributed by atoms with Crippen LogP contribution in [0.25, 0.3) is 0 Å². The third kappa shape index (κ3) is 3.72. The SMILES string of the molecule is O=C(C[C@@H]1C[C@@H]2CC[C@@H]1C2)Nc1ccc(OC(F)(F)F)cc1. The lowest BCUT2D eigenvalue weighted by Gasteiger charge is -2.20. The van der Waals surface area contributed by atoms with E-state index in [1.54, 1.807) is 0 Å².